The second kappa shape index (κ2) is 6.94. The lowest BCUT2D eigenvalue weighted by Crippen LogP contribution is -2.28. The van der Waals surface area contributed by atoms with Crippen molar-refractivity contribution in [3.05, 3.63) is 48.0 Å². The van der Waals surface area contributed by atoms with Gasteiger partial charge in [0, 0.05) is 16.3 Å². The number of benzene rings is 2. The summed E-state index contributed by atoms with van der Waals surface area (Å²) < 4.78 is 38.6. The number of aromatic nitrogens is 2. The maximum absolute atomic E-state index is 12.9. The first-order valence-corrected chi connectivity index (χ1v) is 8.95. The predicted molar refractivity (Wildman–Crippen MR) is 98.9 cm³/mol. The number of aromatic hydroxyl groups is 1. The molecule has 0 amide bonds. The summed E-state index contributed by atoms with van der Waals surface area (Å²) in [7, 11) is 0. The van der Waals surface area contributed by atoms with Gasteiger partial charge in [0.05, 0.1) is 17.7 Å². The van der Waals surface area contributed by atoms with E-state index < -0.39 is 23.6 Å². The van der Waals surface area contributed by atoms with Crippen LogP contribution < -0.4 is 5.32 Å². The predicted octanol–water partition coefficient (Wildman–Crippen LogP) is 4.35. The van der Waals surface area contributed by atoms with E-state index in [0.717, 1.165) is 25.3 Å². The number of rotatable bonds is 3. The van der Waals surface area contributed by atoms with Crippen LogP contribution in [0.2, 0.25) is 0 Å². The van der Waals surface area contributed by atoms with Crippen molar-refractivity contribution in [2.75, 3.05) is 5.32 Å². The summed E-state index contributed by atoms with van der Waals surface area (Å²) in [5.41, 5.74) is -0.469. The molecule has 4 rings (SSSR count). The van der Waals surface area contributed by atoms with Gasteiger partial charge >= 0.3 is 6.18 Å². The molecule has 1 saturated carbocycles. The molecular weight excluding hydrogens is 371 g/mol. The van der Waals surface area contributed by atoms with E-state index in [0.29, 0.717) is 28.4 Å². The molecule has 1 aliphatic carbocycles. The van der Waals surface area contributed by atoms with Crippen molar-refractivity contribution >= 4 is 16.6 Å². The number of alkyl halides is 3. The smallest absolute Gasteiger partial charge is 0.416 e. The third kappa shape index (κ3) is 3.35. The summed E-state index contributed by atoms with van der Waals surface area (Å²) in [6.07, 6.45) is -2.54. The molecule has 0 aliphatic heterocycles. The Morgan fingerprint density at radius 3 is 2.39 bits per heavy atom. The topological polar surface area (TPSA) is 78.3 Å². The van der Waals surface area contributed by atoms with Crippen LogP contribution in [-0.4, -0.2) is 32.6 Å². The average molecular weight is 389 g/mol. The van der Waals surface area contributed by atoms with Crippen LogP contribution in [0, 0.1) is 0 Å². The molecule has 0 radical (unpaired) electrons. The van der Waals surface area contributed by atoms with Crippen molar-refractivity contribution in [1.29, 1.82) is 0 Å². The molecule has 0 unspecified atom stereocenters. The molecule has 8 heteroatoms. The Labute approximate surface area is 158 Å². The number of hydrogen-bond acceptors (Lipinski definition) is 5. The fraction of sp³-hybridized carbons (Fsp3) is 0.300. The highest BCUT2D eigenvalue weighted by Gasteiger charge is 2.31. The van der Waals surface area contributed by atoms with Gasteiger partial charge in [0.25, 0.3) is 0 Å². The zero-order chi connectivity index (χ0) is 19.9. The summed E-state index contributed by atoms with van der Waals surface area (Å²) in [6, 6.07) is 9.86. The maximum atomic E-state index is 12.9. The molecule has 2 atom stereocenters. The second-order valence-electron chi connectivity index (χ2n) is 6.92. The molecular formula is C20H18F3N3O2. The quantitative estimate of drug-likeness (QED) is 0.621. The van der Waals surface area contributed by atoms with Crippen molar-refractivity contribution in [2.24, 2.45) is 0 Å². The summed E-state index contributed by atoms with van der Waals surface area (Å²) in [5, 5.41) is 33.2. The molecule has 1 fully saturated rings. The molecule has 5 nitrogen and oxygen atoms in total. The molecule has 1 heterocycles. The van der Waals surface area contributed by atoms with E-state index >= 15 is 0 Å². The number of anilines is 1. The van der Waals surface area contributed by atoms with E-state index in [2.05, 4.69) is 15.5 Å². The Kier molecular flexibility index (Phi) is 4.58. The Morgan fingerprint density at radius 2 is 1.75 bits per heavy atom. The van der Waals surface area contributed by atoms with Crippen LogP contribution in [0.3, 0.4) is 0 Å². The van der Waals surface area contributed by atoms with Crippen molar-refractivity contribution in [2.45, 2.75) is 37.6 Å². The van der Waals surface area contributed by atoms with E-state index in [4.69, 9.17) is 0 Å². The van der Waals surface area contributed by atoms with Crippen molar-refractivity contribution in [3.63, 3.8) is 0 Å². The third-order valence-electron chi connectivity index (χ3n) is 5.07. The number of halogens is 3. The number of phenols is 1. The van der Waals surface area contributed by atoms with Gasteiger partial charge in [0.2, 0.25) is 0 Å². The lowest BCUT2D eigenvalue weighted by atomic mass is 10.0. The molecule has 1 aliphatic rings. The van der Waals surface area contributed by atoms with Gasteiger partial charge in [0.15, 0.2) is 5.82 Å². The zero-order valence-corrected chi connectivity index (χ0v) is 14.7. The van der Waals surface area contributed by atoms with Gasteiger partial charge in [-0.3, -0.25) is 0 Å². The molecule has 1 aromatic heterocycles. The summed E-state index contributed by atoms with van der Waals surface area (Å²) >= 11 is 0. The lowest BCUT2D eigenvalue weighted by Gasteiger charge is -2.19. The summed E-state index contributed by atoms with van der Waals surface area (Å²) in [5.74, 6) is -0.0158. The molecule has 3 aromatic rings. The van der Waals surface area contributed by atoms with Gasteiger partial charge in [-0.15, -0.1) is 10.2 Å². The molecule has 28 heavy (non-hydrogen) atoms. The normalized spacial score (nSPS) is 19.9. The number of hydrogen-bond donors (Lipinski definition) is 3. The number of aliphatic hydroxyl groups excluding tert-OH is 1. The van der Waals surface area contributed by atoms with Crippen molar-refractivity contribution in [1.82, 2.24) is 10.2 Å². The largest absolute Gasteiger partial charge is 0.507 e. The van der Waals surface area contributed by atoms with Crippen molar-refractivity contribution < 1.29 is 23.4 Å². The van der Waals surface area contributed by atoms with Crippen LogP contribution in [0.25, 0.3) is 22.0 Å². The van der Waals surface area contributed by atoms with Crippen LogP contribution in [0.5, 0.6) is 5.75 Å². The zero-order valence-electron chi connectivity index (χ0n) is 14.7. The molecule has 0 saturated heterocycles. The first kappa shape index (κ1) is 18.5. The van der Waals surface area contributed by atoms with Crippen LogP contribution in [0.4, 0.5) is 19.0 Å². The standard InChI is InChI=1S/C20H18F3N3O2/c21-20(22,23)11-8-9-14(17(28)10-11)18-12-4-1-2-5-13(12)19(26-25-18)24-15-6-3-7-16(15)27/h1-2,4-5,8-10,15-16,27-28H,3,6-7H2,(H,24,26)/t15-,16-/m0/s1. The van der Waals surface area contributed by atoms with Gasteiger partial charge in [0.1, 0.15) is 11.4 Å². The third-order valence-corrected chi connectivity index (χ3v) is 5.07. The van der Waals surface area contributed by atoms with Gasteiger partial charge in [-0.25, -0.2) is 0 Å². The Hall–Kier alpha value is -2.87. The minimum absolute atomic E-state index is 0.122. The van der Waals surface area contributed by atoms with E-state index in [-0.39, 0.29) is 11.6 Å². The second-order valence-corrected chi connectivity index (χ2v) is 6.92. The van der Waals surface area contributed by atoms with Gasteiger partial charge < -0.3 is 15.5 Å². The van der Waals surface area contributed by atoms with Gasteiger partial charge in [-0.05, 0) is 37.5 Å². The van der Waals surface area contributed by atoms with Crippen LogP contribution in [-0.2, 0) is 6.18 Å². The number of nitrogens with zero attached hydrogens (tertiary/aromatic N) is 2. The first-order valence-electron chi connectivity index (χ1n) is 8.95. The number of aliphatic hydroxyl groups is 1. The minimum Gasteiger partial charge on any atom is -0.507 e. The van der Waals surface area contributed by atoms with E-state index in [9.17, 15) is 23.4 Å². The SMILES string of the molecule is Oc1cc(C(F)(F)F)ccc1-c1nnc(N[C@H]2CCC[C@@H]2O)c2ccccc12. The van der Waals surface area contributed by atoms with Crippen LogP contribution in [0.1, 0.15) is 24.8 Å². The highest BCUT2D eigenvalue weighted by atomic mass is 19.4. The highest BCUT2D eigenvalue weighted by molar-refractivity contribution is 6.00. The lowest BCUT2D eigenvalue weighted by molar-refractivity contribution is -0.137. The fourth-order valence-corrected chi connectivity index (χ4v) is 3.60. The highest BCUT2D eigenvalue weighted by Crippen LogP contribution is 2.39. The van der Waals surface area contributed by atoms with E-state index in [1.54, 1.807) is 12.1 Å². The fourth-order valence-electron chi connectivity index (χ4n) is 3.60. The van der Waals surface area contributed by atoms with Gasteiger partial charge in [-0.2, -0.15) is 13.2 Å². The molecule has 0 spiro atoms. The summed E-state index contributed by atoms with van der Waals surface area (Å²) in [4.78, 5) is 0. The van der Waals surface area contributed by atoms with Crippen molar-refractivity contribution in [3.8, 4) is 17.0 Å². The van der Waals surface area contributed by atoms with E-state index in [1.807, 2.05) is 12.1 Å². The van der Waals surface area contributed by atoms with Gasteiger partial charge in [-0.1, -0.05) is 24.3 Å². The summed E-state index contributed by atoms with van der Waals surface area (Å²) in [6.45, 7) is 0. The molecule has 2 aromatic carbocycles. The maximum Gasteiger partial charge on any atom is 0.416 e. The Morgan fingerprint density at radius 1 is 1.00 bits per heavy atom. The first-order chi connectivity index (χ1) is 13.3. The minimum atomic E-state index is -4.54. The Balaban J connectivity index is 1.78. The number of phenolic OH excluding ortho intramolecular Hbond substituents is 1. The molecule has 0 bridgehead atoms. The Bertz CT molecular complexity index is 1020. The van der Waals surface area contributed by atoms with E-state index in [1.165, 1.54) is 6.07 Å². The number of fused-ring (bicyclic) bond motifs is 1. The van der Waals surface area contributed by atoms with Crippen LogP contribution in [0.15, 0.2) is 42.5 Å². The monoisotopic (exact) mass is 389 g/mol. The molecule has 146 valence electrons. The average Bonchev–Trinajstić information content (AvgIpc) is 3.06. The van der Waals surface area contributed by atoms with Crippen LogP contribution >= 0.6 is 0 Å². The molecule has 3 N–H and O–H groups in total. The number of nitrogens with one attached hydrogen (secondary N) is 1.